The van der Waals surface area contributed by atoms with Crippen molar-refractivity contribution in [2.75, 3.05) is 16.0 Å². The minimum Gasteiger partial charge on any atom is -0.449 e. The molecule has 0 saturated heterocycles. The minimum atomic E-state index is -1.16. The third-order valence-corrected chi connectivity index (χ3v) is 4.83. The van der Waals surface area contributed by atoms with Gasteiger partial charge in [0.1, 0.15) is 5.54 Å². The Labute approximate surface area is 167 Å². The largest absolute Gasteiger partial charge is 0.449 e. The maximum Gasteiger partial charge on any atom is 0.341 e. The monoisotopic (exact) mass is 401 g/mol. The predicted octanol–water partition coefficient (Wildman–Crippen LogP) is 3.23. The highest BCUT2D eigenvalue weighted by Crippen LogP contribution is 2.37. The van der Waals surface area contributed by atoms with E-state index in [0.29, 0.717) is 16.4 Å². The Morgan fingerprint density at radius 1 is 1.21 bits per heavy atom. The van der Waals surface area contributed by atoms with Crippen LogP contribution in [0.15, 0.2) is 42.5 Å². The SMILES string of the molecule is C[C@@H](OC(=O)c1ccc(Cl)cc1N)C(=O)N1c2ccccc2NC(=O)C1(C)C. The number of nitrogens with two attached hydrogens (primary N) is 1. The van der Waals surface area contributed by atoms with Crippen molar-refractivity contribution in [3.8, 4) is 0 Å². The number of para-hydroxylation sites is 2. The maximum absolute atomic E-state index is 13.1. The number of carbonyl (C=O) groups excluding carboxylic acids is 3. The quantitative estimate of drug-likeness (QED) is 0.607. The van der Waals surface area contributed by atoms with Crippen molar-refractivity contribution >= 4 is 46.4 Å². The van der Waals surface area contributed by atoms with Crippen LogP contribution in [0.4, 0.5) is 17.1 Å². The summed E-state index contributed by atoms with van der Waals surface area (Å²) in [5.74, 6) is -1.60. The Hall–Kier alpha value is -3.06. The summed E-state index contributed by atoms with van der Waals surface area (Å²) in [6, 6.07) is 11.3. The van der Waals surface area contributed by atoms with Gasteiger partial charge in [0.25, 0.3) is 5.91 Å². The topological polar surface area (TPSA) is 102 Å². The van der Waals surface area contributed by atoms with Crippen LogP contribution in [0.1, 0.15) is 31.1 Å². The number of nitrogen functional groups attached to an aromatic ring is 1. The van der Waals surface area contributed by atoms with E-state index in [9.17, 15) is 14.4 Å². The molecule has 1 atom stereocenters. The molecule has 2 aromatic carbocycles. The van der Waals surface area contributed by atoms with Crippen molar-refractivity contribution < 1.29 is 19.1 Å². The molecule has 1 aliphatic heterocycles. The summed E-state index contributed by atoms with van der Waals surface area (Å²) < 4.78 is 5.33. The molecule has 2 amide bonds. The van der Waals surface area contributed by atoms with E-state index in [1.807, 2.05) is 0 Å². The third kappa shape index (κ3) is 3.41. The fourth-order valence-electron chi connectivity index (χ4n) is 3.02. The zero-order chi connectivity index (χ0) is 20.6. The molecule has 3 N–H and O–H groups in total. The number of hydrogen-bond donors (Lipinski definition) is 2. The van der Waals surface area contributed by atoms with E-state index in [4.69, 9.17) is 22.1 Å². The number of hydrogen-bond acceptors (Lipinski definition) is 5. The smallest absolute Gasteiger partial charge is 0.341 e. The summed E-state index contributed by atoms with van der Waals surface area (Å²) in [7, 11) is 0. The maximum atomic E-state index is 13.1. The predicted molar refractivity (Wildman–Crippen MR) is 107 cm³/mol. The molecule has 0 spiro atoms. The lowest BCUT2D eigenvalue weighted by atomic mass is 9.95. The highest BCUT2D eigenvalue weighted by molar-refractivity contribution is 6.31. The van der Waals surface area contributed by atoms with Gasteiger partial charge in [-0.3, -0.25) is 14.5 Å². The summed E-state index contributed by atoms with van der Waals surface area (Å²) in [6.45, 7) is 4.71. The average Bonchev–Trinajstić information content (AvgIpc) is 2.62. The van der Waals surface area contributed by atoms with Gasteiger partial charge in [0.15, 0.2) is 6.10 Å². The zero-order valence-electron chi connectivity index (χ0n) is 15.7. The standard InChI is InChI=1S/C20H20ClN3O4/c1-11(28-18(26)13-9-8-12(21)10-14(13)22)17(25)24-16-7-5-4-6-15(16)23-19(27)20(24,2)3/h4-11H,22H2,1-3H3,(H,23,27)/t11-/m1/s1. The third-order valence-electron chi connectivity index (χ3n) is 4.59. The number of halogens is 1. The van der Waals surface area contributed by atoms with Gasteiger partial charge in [-0.1, -0.05) is 23.7 Å². The van der Waals surface area contributed by atoms with Crippen molar-refractivity contribution in [2.45, 2.75) is 32.4 Å². The second-order valence-corrected chi connectivity index (χ2v) is 7.42. The number of amides is 2. The number of fused-ring (bicyclic) bond motifs is 1. The highest BCUT2D eigenvalue weighted by atomic mass is 35.5. The van der Waals surface area contributed by atoms with Crippen LogP contribution in [0.25, 0.3) is 0 Å². The van der Waals surface area contributed by atoms with Crippen LogP contribution in [0, 0.1) is 0 Å². The molecular formula is C20H20ClN3O4. The molecule has 0 bridgehead atoms. The molecule has 3 rings (SSSR count). The van der Waals surface area contributed by atoms with Gasteiger partial charge in [-0.05, 0) is 51.1 Å². The van der Waals surface area contributed by atoms with E-state index in [-0.39, 0.29) is 17.2 Å². The van der Waals surface area contributed by atoms with Gasteiger partial charge >= 0.3 is 5.97 Å². The van der Waals surface area contributed by atoms with Crippen LogP contribution in [0.2, 0.25) is 5.02 Å². The van der Waals surface area contributed by atoms with Gasteiger partial charge in [0.05, 0.1) is 16.9 Å². The van der Waals surface area contributed by atoms with E-state index in [0.717, 1.165) is 0 Å². The number of esters is 1. The van der Waals surface area contributed by atoms with Crippen molar-refractivity contribution in [3.05, 3.63) is 53.1 Å². The van der Waals surface area contributed by atoms with Crippen molar-refractivity contribution in [3.63, 3.8) is 0 Å². The second kappa shape index (κ2) is 7.16. The average molecular weight is 402 g/mol. The number of nitrogens with zero attached hydrogens (tertiary/aromatic N) is 1. The first-order valence-corrected chi connectivity index (χ1v) is 9.01. The Morgan fingerprint density at radius 3 is 2.57 bits per heavy atom. The molecule has 0 aliphatic carbocycles. The fraction of sp³-hybridized carbons (Fsp3) is 0.250. The van der Waals surface area contributed by atoms with Crippen molar-refractivity contribution in [1.29, 1.82) is 0 Å². The van der Waals surface area contributed by atoms with Crippen LogP contribution in [0.3, 0.4) is 0 Å². The van der Waals surface area contributed by atoms with Gasteiger partial charge in [-0.25, -0.2) is 4.79 Å². The normalized spacial score (nSPS) is 16.0. The van der Waals surface area contributed by atoms with Gasteiger partial charge in [0.2, 0.25) is 5.91 Å². The van der Waals surface area contributed by atoms with Crippen LogP contribution >= 0.6 is 11.6 Å². The number of ether oxygens (including phenoxy) is 1. The first-order valence-electron chi connectivity index (χ1n) is 8.63. The number of anilines is 3. The lowest BCUT2D eigenvalue weighted by molar-refractivity contribution is -0.131. The molecule has 146 valence electrons. The molecular weight excluding hydrogens is 382 g/mol. The van der Waals surface area contributed by atoms with Crippen LogP contribution < -0.4 is 16.0 Å². The molecule has 8 heteroatoms. The van der Waals surface area contributed by atoms with Crippen molar-refractivity contribution in [1.82, 2.24) is 0 Å². The van der Waals surface area contributed by atoms with Gasteiger partial charge < -0.3 is 15.8 Å². The first kappa shape index (κ1) is 19.7. The minimum absolute atomic E-state index is 0.111. The molecule has 0 aromatic heterocycles. The first-order chi connectivity index (χ1) is 13.1. The van der Waals surface area contributed by atoms with E-state index in [1.54, 1.807) is 38.1 Å². The lowest BCUT2D eigenvalue weighted by Gasteiger charge is -2.42. The number of carbonyl (C=O) groups is 3. The summed E-state index contributed by atoms with van der Waals surface area (Å²) in [5, 5.41) is 3.17. The van der Waals surface area contributed by atoms with Crippen molar-refractivity contribution in [2.24, 2.45) is 0 Å². The Morgan fingerprint density at radius 2 is 1.89 bits per heavy atom. The van der Waals surface area contributed by atoms with Gasteiger partial charge in [-0.15, -0.1) is 0 Å². The molecule has 1 aliphatic rings. The number of benzene rings is 2. The van der Waals surface area contributed by atoms with Gasteiger partial charge in [0, 0.05) is 10.7 Å². The molecule has 0 radical (unpaired) electrons. The van der Waals surface area contributed by atoms with E-state index in [2.05, 4.69) is 5.32 Å². The molecule has 7 nitrogen and oxygen atoms in total. The zero-order valence-corrected chi connectivity index (χ0v) is 16.4. The van der Waals surface area contributed by atoms with Crippen LogP contribution in [-0.4, -0.2) is 29.4 Å². The molecule has 0 unspecified atom stereocenters. The Balaban J connectivity index is 1.88. The lowest BCUT2D eigenvalue weighted by Crippen LogP contribution is -2.60. The van der Waals surface area contributed by atoms with E-state index < -0.39 is 23.5 Å². The number of nitrogens with one attached hydrogen (secondary N) is 1. The molecule has 28 heavy (non-hydrogen) atoms. The summed E-state index contributed by atoms with van der Waals surface area (Å²) in [6.07, 6.45) is -1.14. The highest BCUT2D eigenvalue weighted by Gasteiger charge is 2.45. The second-order valence-electron chi connectivity index (χ2n) is 6.98. The van der Waals surface area contributed by atoms with Crippen LogP contribution in [0.5, 0.6) is 0 Å². The van der Waals surface area contributed by atoms with Gasteiger partial charge in [-0.2, -0.15) is 0 Å². The van der Waals surface area contributed by atoms with Crippen LogP contribution in [-0.2, 0) is 14.3 Å². The molecule has 0 fully saturated rings. The number of rotatable bonds is 3. The summed E-state index contributed by atoms with van der Waals surface area (Å²) >= 11 is 5.84. The summed E-state index contributed by atoms with van der Waals surface area (Å²) in [4.78, 5) is 39.4. The van der Waals surface area contributed by atoms with E-state index in [1.165, 1.54) is 30.0 Å². The fourth-order valence-corrected chi connectivity index (χ4v) is 3.20. The Bertz CT molecular complexity index is 974. The molecule has 1 heterocycles. The Kier molecular flexibility index (Phi) is 5.04. The summed E-state index contributed by atoms with van der Waals surface area (Å²) in [5.41, 5.74) is 5.96. The van der Waals surface area contributed by atoms with E-state index >= 15 is 0 Å². The molecule has 2 aromatic rings. The molecule has 0 saturated carbocycles.